The molecule has 1 fully saturated rings. The summed E-state index contributed by atoms with van der Waals surface area (Å²) in [6.07, 6.45) is 1.60. The number of rotatable bonds is 5. The van der Waals surface area contributed by atoms with Crippen LogP contribution in [0.3, 0.4) is 0 Å². The molecule has 0 bridgehead atoms. The first kappa shape index (κ1) is 16.9. The Morgan fingerprint density at radius 2 is 2.05 bits per heavy atom. The van der Waals surface area contributed by atoms with E-state index in [-0.39, 0.29) is 16.6 Å². The van der Waals surface area contributed by atoms with E-state index in [9.17, 15) is 18.5 Å². The van der Waals surface area contributed by atoms with Gasteiger partial charge in [0.25, 0.3) is 5.69 Å². The Hall–Kier alpha value is -1.51. The number of hydrogen-bond donors (Lipinski definition) is 1. The van der Waals surface area contributed by atoms with Crippen LogP contribution in [-0.4, -0.2) is 43.8 Å². The normalized spacial score (nSPS) is 19.5. The van der Waals surface area contributed by atoms with Gasteiger partial charge in [0.1, 0.15) is 0 Å². The Morgan fingerprint density at radius 1 is 1.36 bits per heavy atom. The molecule has 1 heterocycles. The van der Waals surface area contributed by atoms with E-state index in [1.165, 1.54) is 10.4 Å². The maximum Gasteiger partial charge on any atom is 0.273 e. The van der Waals surface area contributed by atoms with Crippen LogP contribution in [0.2, 0.25) is 0 Å². The van der Waals surface area contributed by atoms with E-state index in [4.69, 9.17) is 0 Å². The van der Waals surface area contributed by atoms with E-state index in [0.29, 0.717) is 24.2 Å². The predicted octanol–water partition coefficient (Wildman–Crippen LogP) is 1.58. The van der Waals surface area contributed by atoms with Crippen molar-refractivity contribution in [2.75, 3.05) is 20.1 Å². The molecule has 0 aromatic heterocycles. The molecule has 1 aromatic rings. The molecular formula is C14H21N3O4S. The summed E-state index contributed by atoms with van der Waals surface area (Å²) >= 11 is 0. The van der Waals surface area contributed by atoms with Gasteiger partial charge in [-0.2, -0.15) is 4.31 Å². The summed E-state index contributed by atoms with van der Waals surface area (Å²) in [5.41, 5.74) is 0.849. The molecule has 1 N–H and O–H groups in total. The van der Waals surface area contributed by atoms with Gasteiger partial charge in [0, 0.05) is 30.8 Å². The van der Waals surface area contributed by atoms with Crippen molar-refractivity contribution in [1.82, 2.24) is 9.62 Å². The Bertz CT molecular complexity index is 688. The number of hydrogen-bond acceptors (Lipinski definition) is 5. The molecule has 1 aliphatic rings. The third kappa shape index (κ3) is 2.99. The minimum absolute atomic E-state index is 0.0350. The third-order valence-corrected chi connectivity index (χ3v) is 6.13. The molecule has 0 aliphatic carbocycles. The number of likely N-dealkylation sites (N-methyl/N-ethyl adjacent to an activating group) is 1. The molecule has 7 nitrogen and oxygen atoms in total. The van der Waals surface area contributed by atoms with Crippen molar-refractivity contribution in [3.05, 3.63) is 33.4 Å². The van der Waals surface area contributed by atoms with Gasteiger partial charge in [-0.25, -0.2) is 8.42 Å². The number of nitro groups is 1. The smallest absolute Gasteiger partial charge is 0.273 e. The number of aryl methyl sites for hydroxylation is 2. The zero-order valence-electron chi connectivity index (χ0n) is 13.0. The monoisotopic (exact) mass is 327 g/mol. The molecule has 0 spiro atoms. The largest absolute Gasteiger partial charge is 0.318 e. The molecule has 1 unspecified atom stereocenters. The van der Waals surface area contributed by atoms with E-state index in [1.807, 2.05) is 0 Å². The van der Waals surface area contributed by atoms with Crippen LogP contribution in [-0.2, 0) is 10.0 Å². The van der Waals surface area contributed by atoms with Crippen LogP contribution >= 0.6 is 0 Å². The van der Waals surface area contributed by atoms with Crippen LogP contribution in [0.25, 0.3) is 0 Å². The lowest BCUT2D eigenvalue weighted by Crippen LogP contribution is -2.41. The number of nitro benzene ring substituents is 1. The van der Waals surface area contributed by atoms with Crippen LogP contribution in [0, 0.1) is 24.0 Å². The second-order valence-electron chi connectivity index (χ2n) is 5.63. The van der Waals surface area contributed by atoms with Crippen molar-refractivity contribution in [2.24, 2.45) is 0 Å². The fraction of sp³-hybridized carbons (Fsp3) is 0.571. The van der Waals surface area contributed by atoms with Gasteiger partial charge in [0.15, 0.2) is 0 Å². The molecule has 1 aromatic carbocycles. The maximum absolute atomic E-state index is 12.9. The molecule has 0 saturated carbocycles. The van der Waals surface area contributed by atoms with Crippen LogP contribution < -0.4 is 5.32 Å². The van der Waals surface area contributed by atoms with E-state index in [1.54, 1.807) is 27.0 Å². The number of sulfonamides is 1. The molecule has 2 rings (SSSR count). The van der Waals surface area contributed by atoms with Crippen molar-refractivity contribution in [3.63, 3.8) is 0 Å². The van der Waals surface area contributed by atoms with Gasteiger partial charge in [0.05, 0.1) is 9.82 Å². The summed E-state index contributed by atoms with van der Waals surface area (Å²) in [7, 11) is -1.94. The predicted molar refractivity (Wildman–Crippen MR) is 83.4 cm³/mol. The summed E-state index contributed by atoms with van der Waals surface area (Å²) in [4.78, 5) is 10.6. The molecule has 122 valence electrons. The lowest BCUT2D eigenvalue weighted by atomic mass is 10.1. The zero-order chi connectivity index (χ0) is 16.5. The van der Waals surface area contributed by atoms with Gasteiger partial charge >= 0.3 is 0 Å². The van der Waals surface area contributed by atoms with Gasteiger partial charge in [-0.1, -0.05) is 0 Å². The highest BCUT2D eigenvalue weighted by Crippen LogP contribution is 2.31. The summed E-state index contributed by atoms with van der Waals surface area (Å²) < 4.78 is 27.3. The van der Waals surface area contributed by atoms with Crippen LogP contribution in [0.1, 0.15) is 24.0 Å². The molecule has 1 atom stereocenters. The lowest BCUT2D eigenvalue weighted by molar-refractivity contribution is -0.385. The molecule has 22 heavy (non-hydrogen) atoms. The quantitative estimate of drug-likeness (QED) is 0.655. The molecular weight excluding hydrogens is 306 g/mol. The van der Waals surface area contributed by atoms with Gasteiger partial charge < -0.3 is 5.32 Å². The number of benzene rings is 1. The Balaban J connectivity index is 2.49. The molecule has 8 heteroatoms. The summed E-state index contributed by atoms with van der Waals surface area (Å²) in [6.45, 7) is 4.32. The van der Waals surface area contributed by atoms with Crippen molar-refractivity contribution in [3.8, 4) is 0 Å². The summed E-state index contributed by atoms with van der Waals surface area (Å²) in [6, 6.07) is 2.65. The van der Waals surface area contributed by atoms with Crippen molar-refractivity contribution >= 4 is 15.7 Å². The molecule has 1 aliphatic heterocycles. The minimum atomic E-state index is -3.72. The highest BCUT2D eigenvalue weighted by molar-refractivity contribution is 7.89. The lowest BCUT2D eigenvalue weighted by Gasteiger charge is -2.24. The Labute approximate surface area is 130 Å². The summed E-state index contributed by atoms with van der Waals surface area (Å²) in [5, 5.41) is 14.1. The SMILES string of the molecule is CNCC1CCCN1S(=O)(=O)c1cc([N+](=O)[O-])c(C)cc1C. The first-order valence-corrected chi connectivity index (χ1v) is 8.65. The maximum atomic E-state index is 12.9. The van der Waals surface area contributed by atoms with Crippen molar-refractivity contribution < 1.29 is 13.3 Å². The Kier molecular flexibility index (Phi) is 4.84. The highest BCUT2D eigenvalue weighted by Gasteiger charge is 2.36. The minimum Gasteiger partial charge on any atom is -0.318 e. The zero-order valence-corrected chi connectivity index (χ0v) is 13.8. The summed E-state index contributed by atoms with van der Waals surface area (Å²) in [5.74, 6) is 0. The second kappa shape index (κ2) is 6.31. The van der Waals surface area contributed by atoms with Crippen LogP contribution in [0.4, 0.5) is 5.69 Å². The van der Waals surface area contributed by atoms with Gasteiger partial charge in [-0.05, 0) is 45.4 Å². The second-order valence-corrected chi connectivity index (χ2v) is 7.49. The van der Waals surface area contributed by atoms with Gasteiger partial charge in [-0.15, -0.1) is 0 Å². The average molecular weight is 327 g/mol. The van der Waals surface area contributed by atoms with E-state index < -0.39 is 14.9 Å². The standard InChI is InChI=1S/C14H21N3O4S/c1-10-7-11(2)14(8-13(10)17(18)19)22(20,21)16-6-4-5-12(16)9-15-3/h7-8,12,15H,4-6,9H2,1-3H3. The number of nitrogens with one attached hydrogen (secondary N) is 1. The van der Waals surface area contributed by atoms with Gasteiger partial charge in [-0.3, -0.25) is 10.1 Å². The topological polar surface area (TPSA) is 92.6 Å². The van der Waals surface area contributed by atoms with Crippen molar-refractivity contribution in [2.45, 2.75) is 37.6 Å². The van der Waals surface area contributed by atoms with Gasteiger partial charge in [0.2, 0.25) is 10.0 Å². The average Bonchev–Trinajstić information content (AvgIpc) is 2.87. The fourth-order valence-corrected chi connectivity index (χ4v) is 4.91. The first-order chi connectivity index (χ1) is 10.3. The van der Waals surface area contributed by atoms with Crippen LogP contribution in [0.15, 0.2) is 17.0 Å². The molecule has 1 saturated heterocycles. The van der Waals surface area contributed by atoms with E-state index in [0.717, 1.165) is 12.8 Å². The first-order valence-electron chi connectivity index (χ1n) is 7.21. The van der Waals surface area contributed by atoms with E-state index >= 15 is 0 Å². The van der Waals surface area contributed by atoms with Crippen molar-refractivity contribution in [1.29, 1.82) is 0 Å². The molecule has 0 amide bonds. The highest BCUT2D eigenvalue weighted by atomic mass is 32.2. The Morgan fingerprint density at radius 3 is 2.64 bits per heavy atom. The fourth-order valence-electron chi connectivity index (χ4n) is 2.99. The number of nitrogens with zero attached hydrogens (tertiary/aromatic N) is 2. The van der Waals surface area contributed by atoms with Crippen LogP contribution in [0.5, 0.6) is 0 Å². The molecule has 0 radical (unpaired) electrons. The third-order valence-electron chi connectivity index (χ3n) is 4.04. The van der Waals surface area contributed by atoms with E-state index in [2.05, 4.69) is 5.32 Å².